The Bertz CT molecular complexity index is 1130. The van der Waals surface area contributed by atoms with E-state index in [4.69, 9.17) is 4.74 Å². The summed E-state index contributed by atoms with van der Waals surface area (Å²) < 4.78 is 7.13. The number of benzene rings is 1. The molecule has 0 unspecified atom stereocenters. The summed E-state index contributed by atoms with van der Waals surface area (Å²) >= 11 is 4.47. The molecule has 0 aliphatic rings. The lowest BCUT2D eigenvalue weighted by molar-refractivity contribution is -0.113. The first-order valence-electron chi connectivity index (χ1n) is 11.1. The smallest absolute Gasteiger partial charge is 0.251 e. The van der Waals surface area contributed by atoms with E-state index in [2.05, 4.69) is 25.8 Å². The molecule has 188 valence electrons. The molecule has 2 N–H and O–H groups in total. The van der Waals surface area contributed by atoms with Crippen LogP contribution in [-0.2, 0) is 11.3 Å². The van der Waals surface area contributed by atoms with Crippen LogP contribution in [0.3, 0.4) is 0 Å². The van der Waals surface area contributed by atoms with Crippen molar-refractivity contribution in [3.63, 3.8) is 0 Å². The van der Waals surface area contributed by atoms with Gasteiger partial charge in [-0.15, -0.1) is 21.5 Å². The highest BCUT2D eigenvalue weighted by Gasteiger charge is 2.23. The molecule has 12 heteroatoms. The van der Waals surface area contributed by atoms with E-state index in [1.807, 2.05) is 31.6 Å². The average molecular weight is 535 g/mol. The molecule has 0 aliphatic heterocycles. The Morgan fingerprint density at radius 1 is 1.20 bits per heavy atom. The minimum atomic E-state index is -0.311. The highest BCUT2D eigenvalue weighted by molar-refractivity contribution is 7.99. The van der Waals surface area contributed by atoms with Crippen LogP contribution in [0.25, 0.3) is 0 Å². The second kappa shape index (κ2) is 12.9. The number of carbonyl (C=O) groups is 2. The molecule has 1 aromatic carbocycles. The molecule has 0 spiro atoms. The summed E-state index contributed by atoms with van der Waals surface area (Å²) in [6, 6.07) is 6.67. The molecule has 3 aromatic rings. The van der Waals surface area contributed by atoms with Crippen LogP contribution in [-0.4, -0.2) is 56.4 Å². The lowest BCUT2D eigenvalue weighted by Crippen LogP contribution is -2.31. The highest BCUT2D eigenvalue weighted by atomic mass is 32.2. The van der Waals surface area contributed by atoms with Crippen LogP contribution in [0.15, 0.2) is 29.4 Å². The van der Waals surface area contributed by atoms with E-state index in [1.54, 1.807) is 43.1 Å². The third-order valence-electron chi connectivity index (χ3n) is 5.25. The maximum Gasteiger partial charge on any atom is 0.251 e. The van der Waals surface area contributed by atoms with Crippen molar-refractivity contribution in [2.75, 3.05) is 30.2 Å². The zero-order chi connectivity index (χ0) is 25.4. The molecule has 0 saturated heterocycles. The van der Waals surface area contributed by atoms with Crippen molar-refractivity contribution in [1.29, 1.82) is 0 Å². The van der Waals surface area contributed by atoms with Gasteiger partial charge in [-0.25, -0.2) is 4.98 Å². The van der Waals surface area contributed by atoms with Gasteiger partial charge in [0.1, 0.15) is 5.75 Å². The van der Waals surface area contributed by atoms with Crippen LogP contribution in [0, 0.1) is 13.8 Å². The van der Waals surface area contributed by atoms with E-state index in [0.717, 1.165) is 16.3 Å². The molecule has 35 heavy (non-hydrogen) atoms. The molecule has 0 aliphatic carbocycles. The van der Waals surface area contributed by atoms with E-state index in [1.165, 1.54) is 23.1 Å². The number of amides is 2. The molecule has 3 rings (SSSR count). The third-order valence-corrected chi connectivity index (χ3v) is 7.85. The number of aromatic nitrogens is 4. The van der Waals surface area contributed by atoms with Crippen molar-refractivity contribution in [2.45, 2.75) is 44.9 Å². The van der Waals surface area contributed by atoms with Gasteiger partial charge in [0.05, 0.1) is 24.6 Å². The van der Waals surface area contributed by atoms with Crippen LogP contribution < -0.4 is 15.4 Å². The van der Waals surface area contributed by atoms with E-state index in [9.17, 15) is 9.59 Å². The van der Waals surface area contributed by atoms with Gasteiger partial charge >= 0.3 is 0 Å². The van der Waals surface area contributed by atoms with Crippen molar-refractivity contribution in [3.05, 3.63) is 46.2 Å². The molecule has 2 heterocycles. The zero-order valence-corrected chi connectivity index (χ0v) is 22.9. The van der Waals surface area contributed by atoms with Crippen molar-refractivity contribution in [3.8, 4) is 5.75 Å². The van der Waals surface area contributed by atoms with Gasteiger partial charge in [0.25, 0.3) is 5.91 Å². The molecule has 9 nitrogen and oxygen atoms in total. The normalized spacial score (nSPS) is 11.8. The Morgan fingerprint density at radius 3 is 2.54 bits per heavy atom. The Balaban J connectivity index is 1.70. The van der Waals surface area contributed by atoms with Crippen molar-refractivity contribution in [2.24, 2.45) is 0 Å². The minimum Gasteiger partial charge on any atom is -0.497 e. The number of ether oxygens (including phenoxy) is 1. The summed E-state index contributed by atoms with van der Waals surface area (Å²) in [5.74, 6) is 2.06. The average Bonchev–Trinajstić information content (AvgIpc) is 3.41. The van der Waals surface area contributed by atoms with E-state index in [0.29, 0.717) is 40.4 Å². The first kappa shape index (κ1) is 27.0. The molecular weight excluding hydrogens is 504 g/mol. The number of nitrogens with one attached hydrogen (secondary N) is 2. The molecular formula is C23H30N6O3S3. The Hall–Kier alpha value is -2.57. The first-order chi connectivity index (χ1) is 16.9. The van der Waals surface area contributed by atoms with E-state index in [-0.39, 0.29) is 23.6 Å². The number of aryl methyl sites for hydroxylation is 2. The minimum absolute atomic E-state index is 0.150. The third kappa shape index (κ3) is 7.21. The van der Waals surface area contributed by atoms with Gasteiger partial charge in [-0.2, -0.15) is 11.8 Å². The predicted octanol–water partition coefficient (Wildman–Crippen LogP) is 4.33. The predicted molar refractivity (Wildman–Crippen MR) is 143 cm³/mol. The maximum absolute atomic E-state index is 12.9. The van der Waals surface area contributed by atoms with Crippen LogP contribution in [0.2, 0.25) is 0 Å². The molecule has 1 atom stereocenters. The number of rotatable bonds is 12. The lowest BCUT2D eigenvalue weighted by atomic mass is 10.1. The van der Waals surface area contributed by atoms with Crippen LogP contribution in [0.1, 0.15) is 46.1 Å². The lowest BCUT2D eigenvalue weighted by Gasteiger charge is -2.19. The van der Waals surface area contributed by atoms with Crippen molar-refractivity contribution < 1.29 is 14.3 Å². The largest absolute Gasteiger partial charge is 0.497 e. The fourth-order valence-electron chi connectivity index (χ4n) is 3.26. The standard InChI is InChI=1S/C23H30N6O3S3/c1-6-29-20(18(11-12-33-5)25-21(31)16-7-9-17(32-4)10-8-16)27-28-23(29)34-13-19(30)26-22-24-14(2)15(3)35-22/h7-10,18H,6,11-13H2,1-5H3,(H,25,31)(H,24,26,30)/t18-/m0/s1. The highest BCUT2D eigenvalue weighted by Crippen LogP contribution is 2.25. The van der Waals surface area contributed by atoms with Crippen molar-refractivity contribution in [1.82, 2.24) is 25.1 Å². The number of carbonyl (C=O) groups excluding carboxylic acids is 2. The number of thiazole rings is 1. The summed E-state index contributed by atoms with van der Waals surface area (Å²) in [5, 5.41) is 15.9. The van der Waals surface area contributed by atoms with Gasteiger partial charge in [0.15, 0.2) is 16.1 Å². The fourth-order valence-corrected chi connectivity index (χ4v) is 5.37. The van der Waals surface area contributed by atoms with Gasteiger partial charge in [0.2, 0.25) is 5.91 Å². The monoisotopic (exact) mass is 534 g/mol. The summed E-state index contributed by atoms with van der Waals surface area (Å²) in [4.78, 5) is 30.8. The van der Waals surface area contributed by atoms with Crippen molar-refractivity contribution >= 4 is 51.8 Å². The molecule has 2 amide bonds. The number of anilines is 1. The molecule has 0 fully saturated rings. The second-order valence-corrected chi connectivity index (χ2v) is 10.7. The summed E-state index contributed by atoms with van der Waals surface area (Å²) in [6.45, 7) is 6.51. The Kier molecular flexibility index (Phi) is 9.99. The van der Waals surface area contributed by atoms with E-state index >= 15 is 0 Å². The Labute approximate surface area is 217 Å². The van der Waals surface area contributed by atoms with Gasteiger partial charge in [0, 0.05) is 17.0 Å². The summed E-state index contributed by atoms with van der Waals surface area (Å²) in [6.07, 6.45) is 2.73. The van der Waals surface area contributed by atoms with Crippen LogP contribution >= 0.6 is 34.9 Å². The number of methoxy groups -OCH3 is 1. The van der Waals surface area contributed by atoms with E-state index < -0.39 is 0 Å². The topological polar surface area (TPSA) is 111 Å². The maximum atomic E-state index is 12.9. The van der Waals surface area contributed by atoms with Crippen LogP contribution in [0.5, 0.6) is 5.75 Å². The Morgan fingerprint density at radius 2 is 1.94 bits per heavy atom. The molecule has 0 saturated carbocycles. The number of nitrogens with zero attached hydrogens (tertiary/aromatic N) is 4. The SMILES string of the molecule is CCn1c(SCC(=O)Nc2nc(C)c(C)s2)nnc1[C@H](CCSC)NC(=O)c1ccc(OC)cc1. The van der Waals surface area contributed by atoms with Gasteiger partial charge in [-0.05, 0) is 63.5 Å². The number of thioether (sulfide) groups is 2. The molecule has 2 aromatic heterocycles. The second-order valence-electron chi connectivity index (χ2n) is 7.62. The summed E-state index contributed by atoms with van der Waals surface area (Å²) in [7, 11) is 1.59. The summed E-state index contributed by atoms with van der Waals surface area (Å²) in [5.41, 5.74) is 1.46. The zero-order valence-electron chi connectivity index (χ0n) is 20.5. The number of hydrogen-bond donors (Lipinski definition) is 2. The number of hydrogen-bond acceptors (Lipinski definition) is 9. The van der Waals surface area contributed by atoms with Crippen LogP contribution in [0.4, 0.5) is 5.13 Å². The first-order valence-corrected chi connectivity index (χ1v) is 14.3. The van der Waals surface area contributed by atoms with Gasteiger partial charge in [-0.3, -0.25) is 9.59 Å². The van der Waals surface area contributed by atoms with Gasteiger partial charge in [-0.1, -0.05) is 11.8 Å². The fraction of sp³-hybridized carbons (Fsp3) is 0.435. The van der Waals surface area contributed by atoms with Gasteiger partial charge < -0.3 is 19.9 Å². The molecule has 0 bridgehead atoms. The quantitative estimate of drug-likeness (QED) is 0.330. The molecule has 0 radical (unpaired) electrons.